The number of urea groups is 1. The van der Waals surface area contributed by atoms with Crippen molar-refractivity contribution >= 4 is 45.5 Å². The van der Waals surface area contributed by atoms with Crippen LogP contribution in [0.25, 0.3) is 11.8 Å². The van der Waals surface area contributed by atoms with E-state index in [0.29, 0.717) is 11.4 Å². The third kappa shape index (κ3) is 4.15. The molecule has 0 unspecified atom stereocenters. The first-order chi connectivity index (χ1) is 15.5. The fourth-order valence-corrected chi connectivity index (χ4v) is 3.87. The number of halogens is 1. The van der Waals surface area contributed by atoms with Crippen molar-refractivity contribution in [2.24, 2.45) is 0 Å². The first-order valence-electron chi connectivity index (χ1n) is 9.90. The first-order valence-corrected chi connectivity index (χ1v) is 10.7. The number of benzene rings is 2. The van der Waals surface area contributed by atoms with Gasteiger partial charge in [-0.3, -0.25) is 14.5 Å². The topological polar surface area (TPSA) is 71.8 Å². The number of carbonyl (C=O) groups excluding carboxylic acids is 3. The standard InChI is InChI=1S/C24H20BrN3O4/c1-32-14-13-27-22(29)21(23(30)28(24(27)31)18-8-3-2-4-9-18)16-20-11-6-12-26(20)19-10-5-7-17(25)15-19/h2-12,15-16H,13-14H2,1H3/b21-16-. The molecule has 162 valence electrons. The summed E-state index contributed by atoms with van der Waals surface area (Å²) in [6, 6.07) is 19.2. The number of hydrogen-bond donors (Lipinski definition) is 0. The van der Waals surface area contributed by atoms with E-state index in [9.17, 15) is 14.4 Å². The maximum absolute atomic E-state index is 13.3. The summed E-state index contributed by atoms with van der Waals surface area (Å²) >= 11 is 3.46. The van der Waals surface area contributed by atoms with E-state index in [1.807, 2.05) is 41.1 Å². The molecule has 1 aliphatic heterocycles. The van der Waals surface area contributed by atoms with Crippen molar-refractivity contribution in [3.8, 4) is 5.69 Å². The van der Waals surface area contributed by atoms with E-state index in [1.165, 1.54) is 13.2 Å². The summed E-state index contributed by atoms with van der Waals surface area (Å²) in [7, 11) is 1.49. The number of ether oxygens (including phenoxy) is 1. The molecule has 32 heavy (non-hydrogen) atoms. The van der Waals surface area contributed by atoms with Gasteiger partial charge in [-0.25, -0.2) is 9.69 Å². The zero-order chi connectivity index (χ0) is 22.7. The molecule has 0 bridgehead atoms. The van der Waals surface area contributed by atoms with Gasteiger partial charge in [0, 0.05) is 29.2 Å². The van der Waals surface area contributed by atoms with Gasteiger partial charge in [0.15, 0.2) is 0 Å². The van der Waals surface area contributed by atoms with Gasteiger partial charge in [-0.1, -0.05) is 40.2 Å². The second kappa shape index (κ2) is 9.33. The maximum Gasteiger partial charge on any atom is 0.338 e. The van der Waals surface area contributed by atoms with Crippen LogP contribution in [-0.2, 0) is 14.3 Å². The fraction of sp³-hybridized carbons (Fsp3) is 0.125. The van der Waals surface area contributed by atoms with Gasteiger partial charge < -0.3 is 9.30 Å². The van der Waals surface area contributed by atoms with Crippen molar-refractivity contribution in [3.63, 3.8) is 0 Å². The van der Waals surface area contributed by atoms with Crippen LogP contribution in [0.3, 0.4) is 0 Å². The number of rotatable bonds is 6. The first kappa shape index (κ1) is 21.7. The van der Waals surface area contributed by atoms with E-state index < -0.39 is 17.8 Å². The smallest absolute Gasteiger partial charge is 0.338 e. The van der Waals surface area contributed by atoms with Gasteiger partial charge in [-0.2, -0.15) is 0 Å². The molecule has 0 spiro atoms. The molecule has 1 aliphatic rings. The lowest BCUT2D eigenvalue weighted by atomic mass is 10.1. The second-order valence-electron chi connectivity index (χ2n) is 7.05. The van der Waals surface area contributed by atoms with Crippen LogP contribution < -0.4 is 4.90 Å². The van der Waals surface area contributed by atoms with Crippen LogP contribution in [-0.4, -0.2) is 47.6 Å². The van der Waals surface area contributed by atoms with Crippen LogP contribution in [0.4, 0.5) is 10.5 Å². The van der Waals surface area contributed by atoms with Gasteiger partial charge in [0.05, 0.1) is 18.8 Å². The van der Waals surface area contributed by atoms with Crippen molar-refractivity contribution in [2.75, 3.05) is 25.2 Å². The Morgan fingerprint density at radius 1 is 0.906 bits per heavy atom. The molecular formula is C24H20BrN3O4. The number of barbiturate groups is 1. The Morgan fingerprint density at radius 3 is 2.38 bits per heavy atom. The molecule has 1 aromatic heterocycles. The Balaban J connectivity index is 1.80. The summed E-state index contributed by atoms with van der Waals surface area (Å²) in [4.78, 5) is 41.6. The predicted molar refractivity (Wildman–Crippen MR) is 124 cm³/mol. The van der Waals surface area contributed by atoms with Crippen molar-refractivity contribution in [3.05, 3.63) is 88.7 Å². The molecule has 0 atom stereocenters. The number of imide groups is 2. The molecule has 1 fully saturated rings. The zero-order valence-corrected chi connectivity index (χ0v) is 18.9. The highest BCUT2D eigenvalue weighted by Gasteiger charge is 2.42. The number of aromatic nitrogens is 1. The van der Waals surface area contributed by atoms with Gasteiger partial charge in [0.25, 0.3) is 11.8 Å². The summed E-state index contributed by atoms with van der Waals surface area (Å²) in [6.07, 6.45) is 3.36. The molecule has 0 saturated carbocycles. The van der Waals surface area contributed by atoms with Crippen molar-refractivity contribution in [1.29, 1.82) is 0 Å². The molecule has 4 rings (SSSR count). The average molecular weight is 494 g/mol. The Morgan fingerprint density at radius 2 is 1.66 bits per heavy atom. The number of anilines is 1. The Hall–Kier alpha value is -3.49. The number of nitrogens with zero attached hydrogens (tertiary/aromatic N) is 3. The number of amides is 4. The van der Waals surface area contributed by atoms with Gasteiger partial charge in [0.2, 0.25) is 0 Å². The highest BCUT2D eigenvalue weighted by atomic mass is 79.9. The quantitative estimate of drug-likeness (QED) is 0.379. The minimum atomic E-state index is -0.692. The van der Waals surface area contributed by atoms with Crippen molar-refractivity contribution < 1.29 is 19.1 Å². The molecular weight excluding hydrogens is 474 g/mol. The molecule has 0 N–H and O–H groups in total. The van der Waals surface area contributed by atoms with E-state index in [0.717, 1.165) is 20.0 Å². The fourth-order valence-electron chi connectivity index (χ4n) is 3.48. The van der Waals surface area contributed by atoms with Crippen LogP contribution >= 0.6 is 15.9 Å². The van der Waals surface area contributed by atoms with Gasteiger partial charge >= 0.3 is 6.03 Å². The number of carbonyl (C=O) groups is 3. The van der Waals surface area contributed by atoms with Crippen molar-refractivity contribution in [2.45, 2.75) is 0 Å². The van der Waals surface area contributed by atoms with Gasteiger partial charge in [-0.15, -0.1) is 0 Å². The van der Waals surface area contributed by atoms with E-state index in [4.69, 9.17) is 4.74 Å². The van der Waals surface area contributed by atoms with E-state index in [-0.39, 0.29) is 18.7 Å². The number of para-hydroxylation sites is 1. The SMILES string of the molecule is COCCN1C(=O)/C(=C/c2cccn2-c2cccc(Br)c2)C(=O)N(c2ccccc2)C1=O. The lowest BCUT2D eigenvalue weighted by Gasteiger charge is -2.33. The maximum atomic E-state index is 13.3. The Bertz CT molecular complexity index is 1200. The summed E-state index contributed by atoms with van der Waals surface area (Å²) in [5.41, 5.74) is 1.79. The highest BCUT2D eigenvalue weighted by Crippen LogP contribution is 2.27. The lowest BCUT2D eigenvalue weighted by Crippen LogP contribution is -2.57. The Kier molecular flexibility index (Phi) is 6.34. The third-order valence-electron chi connectivity index (χ3n) is 5.02. The Labute approximate surface area is 193 Å². The monoisotopic (exact) mass is 493 g/mol. The summed E-state index contributed by atoms with van der Waals surface area (Å²) in [5, 5.41) is 0. The highest BCUT2D eigenvalue weighted by molar-refractivity contribution is 9.10. The predicted octanol–water partition coefficient (Wildman–Crippen LogP) is 4.27. The van der Waals surface area contributed by atoms with Crippen LogP contribution in [0.2, 0.25) is 0 Å². The molecule has 2 aromatic carbocycles. The van der Waals surface area contributed by atoms with Crippen LogP contribution in [0.15, 0.2) is 83.0 Å². The third-order valence-corrected chi connectivity index (χ3v) is 5.52. The molecule has 7 nitrogen and oxygen atoms in total. The summed E-state index contributed by atoms with van der Waals surface area (Å²) in [5.74, 6) is -1.31. The minimum Gasteiger partial charge on any atom is -0.383 e. The molecule has 4 amide bonds. The average Bonchev–Trinajstić information content (AvgIpc) is 3.26. The van der Waals surface area contributed by atoms with E-state index >= 15 is 0 Å². The van der Waals surface area contributed by atoms with Crippen LogP contribution in [0.5, 0.6) is 0 Å². The summed E-state index contributed by atoms with van der Waals surface area (Å²) in [6.45, 7) is 0.199. The number of methoxy groups -OCH3 is 1. The van der Waals surface area contributed by atoms with Crippen LogP contribution in [0.1, 0.15) is 5.69 Å². The van der Waals surface area contributed by atoms with E-state index in [2.05, 4.69) is 15.9 Å². The number of hydrogen-bond acceptors (Lipinski definition) is 4. The second-order valence-corrected chi connectivity index (χ2v) is 7.96. The van der Waals surface area contributed by atoms with Gasteiger partial charge in [-0.05, 0) is 48.5 Å². The lowest BCUT2D eigenvalue weighted by molar-refractivity contribution is -0.129. The largest absolute Gasteiger partial charge is 0.383 e. The molecule has 0 radical (unpaired) electrons. The normalized spacial score (nSPS) is 15.7. The van der Waals surface area contributed by atoms with Crippen molar-refractivity contribution in [1.82, 2.24) is 9.47 Å². The molecule has 3 aromatic rings. The summed E-state index contributed by atoms with van der Waals surface area (Å²) < 4.78 is 7.82. The molecule has 8 heteroatoms. The molecule has 1 saturated heterocycles. The zero-order valence-electron chi connectivity index (χ0n) is 17.3. The van der Waals surface area contributed by atoms with Crippen LogP contribution in [0, 0.1) is 0 Å². The minimum absolute atomic E-state index is 0.0365. The molecule has 2 heterocycles. The molecule has 0 aliphatic carbocycles. The van der Waals surface area contributed by atoms with Gasteiger partial charge in [0.1, 0.15) is 5.57 Å². The van der Waals surface area contributed by atoms with E-state index in [1.54, 1.807) is 36.4 Å².